The van der Waals surface area contributed by atoms with E-state index in [4.69, 9.17) is 0 Å². The molecule has 4 rings (SSSR count). The zero-order valence-corrected chi connectivity index (χ0v) is 17.0. The van der Waals surface area contributed by atoms with E-state index < -0.39 is 23.4 Å². The Bertz CT molecular complexity index is 1180. The lowest BCUT2D eigenvalue weighted by molar-refractivity contribution is -0.120. The van der Waals surface area contributed by atoms with Gasteiger partial charge >= 0.3 is 0 Å². The first kappa shape index (κ1) is 20.5. The first-order chi connectivity index (χ1) is 14.8. The summed E-state index contributed by atoms with van der Waals surface area (Å²) in [6.07, 6.45) is 0. The van der Waals surface area contributed by atoms with Crippen LogP contribution >= 0.6 is 0 Å². The van der Waals surface area contributed by atoms with Gasteiger partial charge in [-0.05, 0) is 59.5 Å². The standard InChI is InChI=1S/C25H20F2N2O2/c1-15(2)16-8-12-21(13-9-16)29-24(30)22(17-6-10-18(26)11-7-17)23(25(29)31)28-20-5-3-4-19(27)14-20/h3-15,28H,1-2H3. The lowest BCUT2D eigenvalue weighted by atomic mass is 10.0. The van der Waals surface area contributed by atoms with Gasteiger partial charge in [0.1, 0.15) is 17.3 Å². The normalized spacial score (nSPS) is 14.0. The van der Waals surface area contributed by atoms with Crippen molar-refractivity contribution in [2.45, 2.75) is 19.8 Å². The molecule has 0 atom stereocenters. The van der Waals surface area contributed by atoms with Crippen molar-refractivity contribution in [2.24, 2.45) is 0 Å². The number of anilines is 2. The van der Waals surface area contributed by atoms with Crippen LogP contribution in [0.3, 0.4) is 0 Å². The van der Waals surface area contributed by atoms with Crippen LogP contribution in [0.4, 0.5) is 20.2 Å². The van der Waals surface area contributed by atoms with Gasteiger partial charge in [-0.2, -0.15) is 0 Å². The van der Waals surface area contributed by atoms with Crippen LogP contribution in [-0.2, 0) is 9.59 Å². The zero-order chi connectivity index (χ0) is 22.1. The van der Waals surface area contributed by atoms with Crippen LogP contribution < -0.4 is 10.2 Å². The number of carbonyl (C=O) groups excluding carboxylic acids is 2. The number of rotatable bonds is 5. The highest BCUT2D eigenvalue weighted by Crippen LogP contribution is 2.34. The van der Waals surface area contributed by atoms with Crippen molar-refractivity contribution in [3.8, 4) is 0 Å². The largest absolute Gasteiger partial charge is 0.350 e. The third kappa shape index (κ3) is 3.97. The van der Waals surface area contributed by atoms with Crippen molar-refractivity contribution < 1.29 is 18.4 Å². The van der Waals surface area contributed by atoms with Gasteiger partial charge < -0.3 is 5.32 Å². The van der Waals surface area contributed by atoms with Crippen molar-refractivity contribution in [3.05, 3.63) is 101 Å². The molecule has 0 saturated carbocycles. The second kappa shape index (κ2) is 8.14. The first-order valence-corrected chi connectivity index (χ1v) is 9.86. The summed E-state index contributed by atoms with van der Waals surface area (Å²) in [5.74, 6) is -1.73. The fraction of sp³-hybridized carbons (Fsp3) is 0.120. The van der Waals surface area contributed by atoms with Crippen LogP contribution in [0.1, 0.15) is 30.9 Å². The monoisotopic (exact) mass is 418 g/mol. The molecule has 0 radical (unpaired) electrons. The molecular weight excluding hydrogens is 398 g/mol. The summed E-state index contributed by atoms with van der Waals surface area (Å²) in [6.45, 7) is 4.10. The van der Waals surface area contributed by atoms with Gasteiger partial charge in [0, 0.05) is 5.69 Å². The molecule has 2 amide bonds. The molecule has 4 nitrogen and oxygen atoms in total. The average molecular weight is 418 g/mol. The summed E-state index contributed by atoms with van der Waals surface area (Å²) in [5.41, 5.74) is 2.33. The summed E-state index contributed by atoms with van der Waals surface area (Å²) >= 11 is 0. The van der Waals surface area contributed by atoms with Crippen molar-refractivity contribution in [1.82, 2.24) is 0 Å². The molecule has 3 aromatic rings. The molecule has 0 bridgehead atoms. The van der Waals surface area contributed by atoms with Gasteiger partial charge in [-0.25, -0.2) is 13.7 Å². The highest BCUT2D eigenvalue weighted by Gasteiger charge is 2.40. The van der Waals surface area contributed by atoms with Gasteiger partial charge in [0.05, 0.1) is 11.3 Å². The average Bonchev–Trinajstić information content (AvgIpc) is 2.98. The smallest absolute Gasteiger partial charge is 0.282 e. The van der Waals surface area contributed by atoms with E-state index in [0.717, 1.165) is 10.5 Å². The lowest BCUT2D eigenvalue weighted by Crippen LogP contribution is -2.32. The molecule has 1 aliphatic rings. The third-order valence-corrected chi connectivity index (χ3v) is 5.13. The van der Waals surface area contributed by atoms with E-state index in [2.05, 4.69) is 19.2 Å². The van der Waals surface area contributed by atoms with Crippen LogP contribution in [0, 0.1) is 11.6 Å². The molecule has 0 aliphatic carbocycles. The van der Waals surface area contributed by atoms with Crippen molar-refractivity contribution in [1.29, 1.82) is 0 Å². The van der Waals surface area contributed by atoms with Crippen LogP contribution in [0.25, 0.3) is 5.57 Å². The molecule has 1 N–H and O–H groups in total. The predicted molar refractivity (Wildman–Crippen MR) is 116 cm³/mol. The molecule has 3 aromatic carbocycles. The molecule has 0 unspecified atom stereocenters. The number of carbonyl (C=O) groups is 2. The Balaban J connectivity index is 1.78. The van der Waals surface area contributed by atoms with E-state index in [1.54, 1.807) is 18.2 Å². The van der Waals surface area contributed by atoms with Crippen LogP contribution in [0.5, 0.6) is 0 Å². The Morgan fingerprint density at radius 2 is 1.48 bits per heavy atom. The number of nitrogens with one attached hydrogen (secondary N) is 1. The summed E-state index contributed by atoms with van der Waals surface area (Å²) in [7, 11) is 0. The minimum Gasteiger partial charge on any atom is -0.350 e. The maximum atomic E-state index is 13.7. The lowest BCUT2D eigenvalue weighted by Gasteiger charge is -2.16. The second-order valence-corrected chi connectivity index (χ2v) is 7.58. The van der Waals surface area contributed by atoms with Gasteiger partial charge in [-0.1, -0.05) is 44.2 Å². The number of hydrogen-bond acceptors (Lipinski definition) is 3. The van der Waals surface area contributed by atoms with Crippen molar-refractivity contribution >= 4 is 28.8 Å². The van der Waals surface area contributed by atoms with Gasteiger partial charge in [0.15, 0.2) is 0 Å². The predicted octanol–water partition coefficient (Wildman–Crippen LogP) is 5.48. The molecular formula is C25H20F2N2O2. The zero-order valence-electron chi connectivity index (χ0n) is 17.0. The summed E-state index contributed by atoms with van der Waals surface area (Å²) < 4.78 is 27.1. The van der Waals surface area contributed by atoms with E-state index in [1.807, 2.05) is 12.1 Å². The Morgan fingerprint density at radius 1 is 0.806 bits per heavy atom. The molecule has 31 heavy (non-hydrogen) atoms. The van der Waals surface area contributed by atoms with Crippen molar-refractivity contribution in [2.75, 3.05) is 10.2 Å². The van der Waals surface area contributed by atoms with Crippen LogP contribution in [0.15, 0.2) is 78.5 Å². The highest BCUT2D eigenvalue weighted by atomic mass is 19.1. The molecule has 1 heterocycles. The topological polar surface area (TPSA) is 49.4 Å². The van der Waals surface area contributed by atoms with E-state index in [0.29, 0.717) is 22.9 Å². The number of halogens is 2. The fourth-order valence-electron chi connectivity index (χ4n) is 3.48. The second-order valence-electron chi connectivity index (χ2n) is 7.58. The summed E-state index contributed by atoms with van der Waals surface area (Å²) in [6, 6.07) is 18.1. The summed E-state index contributed by atoms with van der Waals surface area (Å²) in [5, 5.41) is 2.89. The van der Waals surface area contributed by atoms with Crippen LogP contribution in [0.2, 0.25) is 0 Å². The fourth-order valence-corrected chi connectivity index (χ4v) is 3.48. The maximum absolute atomic E-state index is 13.7. The Labute approximate surface area is 178 Å². The highest BCUT2D eigenvalue weighted by molar-refractivity contribution is 6.46. The maximum Gasteiger partial charge on any atom is 0.282 e. The Kier molecular flexibility index (Phi) is 5.38. The molecule has 156 valence electrons. The van der Waals surface area contributed by atoms with Gasteiger partial charge in [-0.15, -0.1) is 0 Å². The minimum absolute atomic E-state index is 0.00939. The molecule has 0 spiro atoms. The first-order valence-electron chi connectivity index (χ1n) is 9.86. The minimum atomic E-state index is -0.564. The number of amides is 2. The third-order valence-electron chi connectivity index (χ3n) is 5.13. The quantitative estimate of drug-likeness (QED) is 0.558. The van der Waals surface area contributed by atoms with E-state index in [-0.39, 0.29) is 11.3 Å². The Hall–Kier alpha value is -3.80. The Morgan fingerprint density at radius 3 is 2.10 bits per heavy atom. The van der Waals surface area contributed by atoms with E-state index in [9.17, 15) is 18.4 Å². The van der Waals surface area contributed by atoms with Crippen LogP contribution in [-0.4, -0.2) is 11.8 Å². The van der Waals surface area contributed by atoms with Gasteiger partial charge in [-0.3, -0.25) is 9.59 Å². The number of nitrogens with zero attached hydrogens (tertiary/aromatic N) is 1. The molecule has 0 aromatic heterocycles. The number of imide groups is 1. The SMILES string of the molecule is CC(C)c1ccc(N2C(=O)C(Nc3cccc(F)c3)=C(c3ccc(F)cc3)C2=O)cc1. The number of hydrogen-bond donors (Lipinski definition) is 1. The van der Waals surface area contributed by atoms with Crippen molar-refractivity contribution in [3.63, 3.8) is 0 Å². The van der Waals surface area contributed by atoms with E-state index in [1.165, 1.54) is 42.5 Å². The van der Waals surface area contributed by atoms with Gasteiger partial charge in [0.2, 0.25) is 0 Å². The molecule has 6 heteroatoms. The molecule has 1 aliphatic heterocycles. The summed E-state index contributed by atoms with van der Waals surface area (Å²) in [4.78, 5) is 27.7. The molecule has 0 saturated heterocycles. The van der Waals surface area contributed by atoms with Gasteiger partial charge in [0.25, 0.3) is 11.8 Å². The number of benzene rings is 3. The van der Waals surface area contributed by atoms with E-state index >= 15 is 0 Å². The molecule has 0 fully saturated rings.